The lowest BCUT2D eigenvalue weighted by Gasteiger charge is -2.37. The van der Waals surface area contributed by atoms with Crippen molar-refractivity contribution in [2.45, 2.75) is 37.3 Å². The third-order valence-corrected chi connectivity index (χ3v) is 4.54. The monoisotopic (exact) mass is 282 g/mol. The van der Waals surface area contributed by atoms with Crippen molar-refractivity contribution in [1.29, 1.82) is 0 Å². The van der Waals surface area contributed by atoms with Crippen molar-refractivity contribution in [3.05, 3.63) is 11.6 Å². The van der Waals surface area contributed by atoms with Crippen LogP contribution in [0.5, 0.6) is 0 Å². The Labute approximate surface area is 98.1 Å². The smallest absolute Gasteiger partial charge is 0.0910 e. The maximum Gasteiger partial charge on any atom is 0.0910 e. The number of rotatable bonds is 2. The third kappa shape index (κ3) is 2.51. The summed E-state index contributed by atoms with van der Waals surface area (Å²) in [4.78, 5) is 0.233. The molecule has 0 amide bonds. The van der Waals surface area contributed by atoms with Gasteiger partial charge in [-0.2, -0.15) is 0 Å². The maximum atomic E-state index is 9.76. The Morgan fingerprint density at radius 1 is 1.71 bits per heavy atom. The summed E-state index contributed by atoms with van der Waals surface area (Å²) < 4.78 is 0. The van der Waals surface area contributed by atoms with Crippen LogP contribution in [0.25, 0.3) is 0 Å². The van der Waals surface area contributed by atoms with E-state index in [1.807, 2.05) is 6.08 Å². The summed E-state index contributed by atoms with van der Waals surface area (Å²) in [6.45, 7) is 4.14. The molecule has 0 aliphatic heterocycles. The lowest BCUT2D eigenvalue weighted by molar-refractivity contribution is 0.127. The fraction of sp³-hybridized carbons (Fsp3) is 0.800. The second-order valence-electron chi connectivity index (χ2n) is 4.35. The molecule has 82 valence electrons. The van der Waals surface area contributed by atoms with E-state index in [2.05, 4.69) is 29.8 Å². The van der Waals surface area contributed by atoms with Crippen LogP contribution in [0, 0.1) is 5.41 Å². The Kier molecular flexibility index (Phi) is 4.03. The molecule has 0 fully saturated rings. The van der Waals surface area contributed by atoms with Gasteiger partial charge in [0.2, 0.25) is 0 Å². The Morgan fingerprint density at radius 3 is 2.79 bits per heavy atom. The minimum absolute atomic E-state index is 0.0540. The van der Waals surface area contributed by atoms with Crippen molar-refractivity contribution >= 4 is 27.5 Å². The van der Waals surface area contributed by atoms with Crippen molar-refractivity contribution in [3.8, 4) is 0 Å². The molecule has 0 spiro atoms. The first-order chi connectivity index (χ1) is 6.38. The molecule has 0 heterocycles. The molecule has 0 saturated heterocycles. The Bertz CT molecular complexity index is 240. The quantitative estimate of drug-likeness (QED) is 0.602. The van der Waals surface area contributed by atoms with Gasteiger partial charge in [-0.3, -0.25) is 0 Å². The molecule has 2 nitrogen and oxygen atoms in total. The number of halogens is 2. The first-order valence-corrected chi connectivity index (χ1v) is 6.12. The summed E-state index contributed by atoms with van der Waals surface area (Å²) in [6.07, 6.45) is 1.23. The number of alkyl halides is 2. The lowest BCUT2D eigenvalue weighted by Crippen LogP contribution is -2.37. The van der Waals surface area contributed by atoms with Crippen LogP contribution < -0.4 is 0 Å². The van der Waals surface area contributed by atoms with Crippen molar-refractivity contribution in [3.63, 3.8) is 0 Å². The third-order valence-electron chi connectivity index (χ3n) is 2.69. The van der Waals surface area contributed by atoms with E-state index < -0.39 is 12.2 Å². The molecule has 14 heavy (non-hydrogen) atoms. The Balaban J connectivity index is 2.93. The SMILES string of the molecule is CC1(C)C=C([C@@H](O)CCl)[C@@H](O)C[C@H]1Br. The standard InChI is InChI=1S/C10H16BrClO2/c1-10(2)4-6(8(14)5-12)7(13)3-9(10)11/h4,7-9,13-14H,3,5H2,1-2H3/t7-,8-,9+/m0/s1. The highest BCUT2D eigenvalue weighted by molar-refractivity contribution is 9.09. The van der Waals surface area contributed by atoms with Gasteiger partial charge < -0.3 is 10.2 Å². The van der Waals surface area contributed by atoms with E-state index in [0.29, 0.717) is 12.0 Å². The van der Waals surface area contributed by atoms with Gasteiger partial charge in [0.25, 0.3) is 0 Å². The zero-order chi connectivity index (χ0) is 10.9. The predicted molar refractivity (Wildman–Crippen MR) is 61.9 cm³/mol. The molecule has 0 aromatic carbocycles. The van der Waals surface area contributed by atoms with Gasteiger partial charge >= 0.3 is 0 Å². The number of hydrogen-bond donors (Lipinski definition) is 2. The van der Waals surface area contributed by atoms with Crippen LogP contribution in [0.15, 0.2) is 11.6 Å². The average Bonchev–Trinajstić information content (AvgIpc) is 2.10. The van der Waals surface area contributed by atoms with E-state index >= 15 is 0 Å². The molecule has 0 bridgehead atoms. The second-order valence-corrected chi connectivity index (χ2v) is 5.77. The summed E-state index contributed by atoms with van der Waals surface area (Å²) in [7, 11) is 0. The zero-order valence-corrected chi connectivity index (χ0v) is 10.7. The van der Waals surface area contributed by atoms with E-state index in [1.165, 1.54) is 0 Å². The van der Waals surface area contributed by atoms with Gasteiger partial charge in [0.05, 0.1) is 18.1 Å². The number of hydrogen-bond acceptors (Lipinski definition) is 2. The van der Waals surface area contributed by atoms with E-state index in [9.17, 15) is 10.2 Å². The lowest BCUT2D eigenvalue weighted by atomic mass is 9.77. The molecule has 3 atom stereocenters. The molecular formula is C10H16BrClO2. The second kappa shape index (κ2) is 4.52. The fourth-order valence-corrected chi connectivity index (χ4v) is 2.32. The summed E-state index contributed by atoms with van der Waals surface area (Å²) in [5, 5.41) is 19.4. The largest absolute Gasteiger partial charge is 0.389 e. The Morgan fingerprint density at radius 2 is 2.29 bits per heavy atom. The van der Waals surface area contributed by atoms with Crippen LogP contribution in [0.1, 0.15) is 20.3 Å². The summed E-state index contributed by atoms with van der Waals surface area (Å²) in [5.74, 6) is 0.131. The molecule has 1 rings (SSSR count). The van der Waals surface area contributed by atoms with Crippen LogP contribution >= 0.6 is 27.5 Å². The summed E-state index contributed by atoms with van der Waals surface area (Å²) in [5.41, 5.74) is 0.599. The van der Waals surface area contributed by atoms with Gasteiger partial charge in [-0.05, 0) is 17.4 Å². The molecule has 0 saturated carbocycles. The topological polar surface area (TPSA) is 40.5 Å². The van der Waals surface area contributed by atoms with E-state index in [4.69, 9.17) is 11.6 Å². The van der Waals surface area contributed by atoms with Gasteiger partial charge in [-0.1, -0.05) is 35.9 Å². The van der Waals surface area contributed by atoms with Gasteiger partial charge in [0, 0.05) is 4.83 Å². The number of aliphatic hydroxyl groups is 2. The normalized spacial score (nSPS) is 33.7. The van der Waals surface area contributed by atoms with E-state index in [0.717, 1.165) is 0 Å². The average molecular weight is 284 g/mol. The highest BCUT2D eigenvalue weighted by Crippen LogP contribution is 2.39. The van der Waals surface area contributed by atoms with Gasteiger partial charge in [-0.25, -0.2) is 0 Å². The van der Waals surface area contributed by atoms with Gasteiger partial charge in [-0.15, -0.1) is 11.6 Å². The highest BCUT2D eigenvalue weighted by atomic mass is 79.9. The predicted octanol–water partition coefficient (Wildman–Crippen LogP) is 2.07. The molecule has 0 aromatic heterocycles. The first-order valence-electron chi connectivity index (χ1n) is 4.67. The highest BCUT2D eigenvalue weighted by Gasteiger charge is 2.35. The molecule has 0 radical (unpaired) electrons. The minimum Gasteiger partial charge on any atom is -0.389 e. The molecule has 4 heteroatoms. The van der Waals surface area contributed by atoms with Crippen molar-refractivity contribution in [2.24, 2.45) is 5.41 Å². The van der Waals surface area contributed by atoms with Crippen molar-refractivity contribution in [2.75, 3.05) is 5.88 Å². The minimum atomic E-state index is -0.731. The molecule has 0 aromatic rings. The zero-order valence-electron chi connectivity index (χ0n) is 8.37. The van der Waals surface area contributed by atoms with Crippen LogP contribution in [-0.4, -0.2) is 33.1 Å². The summed E-state index contributed by atoms with van der Waals surface area (Å²) in [6, 6.07) is 0. The molecule has 1 aliphatic carbocycles. The van der Waals surface area contributed by atoms with E-state index in [1.54, 1.807) is 0 Å². The van der Waals surface area contributed by atoms with Crippen LogP contribution in [0.3, 0.4) is 0 Å². The maximum absolute atomic E-state index is 9.76. The van der Waals surface area contributed by atoms with Gasteiger partial charge in [0.1, 0.15) is 0 Å². The molecule has 0 unspecified atom stereocenters. The Hall–Kier alpha value is 0.430. The fourth-order valence-electron chi connectivity index (χ4n) is 1.66. The van der Waals surface area contributed by atoms with Crippen LogP contribution in [0.4, 0.5) is 0 Å². The van der Waals surface area contributed by atoms with Crippen LogP contribution in [-0.2, 0) is 0 Å². The van der Waals surface area contributed by atoms with Crippen LogP contribution in [0.2, 0.25) is 0 Å². The van der Waals surface area contributed by atoms with Gasteiger partial charge in [0.15, 0.2) is 0 Å². The van der Waals surface area contributed by atoms with Crippen molar-refractivity contribution < 1.29 is 10.2 Å². The first kappa shape index (κ1) is 12.5. The summed E-state index contributed by atoms with van der Waals surface area (Å²) >= 11 is 9.10. The van der Waals surface area contributed by atoms with Crippen molar-refractivity contribution in [1.82, 2.24) is 0 Å². The number of aliphatic hydroxyl groups excluding tert-OH is 2. The number of allylic oxidation sites excluding steroid dienone is 1. The molecular weight excluding hydrogens is 267 g/mol. The molecule has 1 aliphatic rings. The molecule has 2 N–H and O–H groups in total. The van der Waals surface area contributed by atoms with E-state index in [-0.39, 0.29) is 16.1 Å².